The molecule has 0 amide bonds. The molecule has 3 heterocycles. The first-order valence-corrected chi connectivity index (χ1v) is 8.39. The van der Waals surface area contributed by atoms with Crippen LogP contribution in [-0.2, 0) is 0 Å². The van der Waals surface area contributed by atoms with Gasteiger partial charge in [0.15, 0.2) is 0 Å². The number of H-pyrrole nitrogens is 2. The maximum atomic E-state index is 11.8. The second-order valence-corrected chi connectivity index (χ2v) is 6.50. The first kappa shape index (κ1) is 15.4. The van der Waals surface area contributed by atoms with Gasteiger partial charge in [0.2, 0.25) is 0 Å². The topological polar surface area (TPSA) is 123 Å². The summed E-state index contributed by atoms with van der Waals surface area (Å²) >= 11 is 0. The zero-order valence-electron chi connectivity index (χ0n) is 13.6. The Bertz CT molecular complexity index is 1000. The van der Waals surface area contributed by atoms with Crippen LogP contribution in [0.25, 0.3) is 22.3 Å². The smallest absolute Gasteiger partial charge is 0.347 e. The van der Waals surface area contributed by atoms with Gasteiger partial charge < -0.3 is 15.1 Å². The van der Waals surface area contributed by atoms with E-state index in [-0.39, 0.29) is 11.8 Å². The molecule has 8 heteroatoms. The molecule has 0 saturated heterocycles. The highest BCUT2D eigenvalue weighted by atomic mass is 16.3. The molecule has 3 N–H and O–H groups in total. The minimum absolute atomic E-state index is 0.0193. The SMILES string of the molecule is N#CC[C@H](C1CCCC1)n1cc(-c2[nH]c(=O)nc3[nH]cc(O)c23)cn1. The maximum absolute atomic E-state index is 11.8. The van der Waals surface area contributed by atoms with Gasteiger partial charge in [0.1, 0.15) is 11.4 Å². The van der Waals surface area contributed by atoms with E-state index in [2.05, 4.69) is 26.1 Å². The Kier molecular flexibility index (Phi) is 3.76. The van der Waals surface area contributed by atoms with Gasteiger partial charge in [-0.15, -0.1) is 0 Å². The highest BCUT2D eigenvalue weighted by molar-refractivity contribution is 5.95. The van der Waals surface area contributed by atoms with Gasteiger partial charge in [-0.3, -0.25) is 4.68 Å². The number of nitrogens with zero attached hydrogens (tertiary/aromatic N) is 4. The molecule has 0 aromatic carbocycles. The summed E-state index contributed by atoms with van der Waals surface area (Å²) in [6, 6.07) is 2.29. The summed E-state index contributed by atoms with van der Waals surface area (Å²) in [5, 5.41) is 24.1. The first-order valence-electron chi connectivity index (χ1n) is 8.39. The van der Waals surface area contributed by atoms with Crippen molar-refractivity contribution in [2.75, 3.05) is 0 Å². The zero-order chi connectivity index (χ0) is 17.4. The summed E-state index contributed by atoms with van der Waals surface area (Å²) in [4.78, 5) is 21.1. The fourth-order valence-electron chi connectivity index (χ4n) is 3.81. The van der Waals surface area contributed by atoms with Crippen molar-refractivity contribution >= 4 is 11.0 Å². The lowest BCUT2D eigenvalue weighted by atomic mass is 9.96. The summed E-state index contributed by atoms with van der Waals surface area (Å²) in [5.41, 5.74) is 0.984. The molecular weight excluding hydrogens is 320 g/mol. The molecule has 1 aliphatic rings. The van der Waals surface area contributed by atoms with Crippen LogP contribution in [0.3, 0.4) is 0 Å². The molecule has 128 valence electrons. The lowest BCUT2D eigenvalue weighted by Gasteiger charge is -2.21. The van der Waals surface area contributed by atoms with Crippen LogP contribution in [0, 0.1) is 17.2 Å². The van der Waals surface area contributed by atoms with E-state index < -0.39 is 5.69 Å². The monoisotopic (exact) mass is 338 g/mol. The standard InChI is InChI=1S/C17H18N6O2/c18-6-5-12(10-3-1-2-4-10)23-9-11(7-20-23)15-14-13(24)8-19-16(14)22-17(25)21-15/h7-10,12,24H,1-5H2,(H2,19,21,22,25)/t12-/m1/s1. The fraction of sp³-hybridized carbons (Fsp3) is 0.412. The summed E-state index contributed by atoms with van der Waals surface area (Å²) < 4.78 is 1.82. The van der Waals surface area contributed by atoms with E-state index in [1.54, 1.807) is 6.20 Å². The van der Waals surface area contributed by atoms with Crippen LogP contribution in [-0.4, -0.2) is 29.8 Å². The summed E-state index contributed by atoms with van der Waals surface area (Å²) in [6.45, 7) is 0. The molecule has 3 aromatic heterocycles. The average Bonchev–Trinajstić information content (AvgIpc) is 3.33. The van der Waals surface area contributed by atoms with Crippen molar-refractivity contribution in [2.24, 2.45) is 5.92 Å². The quantitative estimate of drug-likeness (QED) is 0.674. The average molecular weight is 338 g/mol. The Balaban J connectivity index is 1.77. The summed E-state index contributed by atoms with van der Waals surface area (Å²) in [5.74, 6) is 0.468. The van der Waals surface area contributed by atoms with E-state index in [0.717, 1.165) is 12.8 Å². The molecule has 1 aliphatic carbocycles. The summed E-state index contributed by atoms with van der Waals surface area (Å²) in [7, 11) is 0. The van der Waals surface area contributed by atoms with E-state index in [4.69, 9.17) is 0 Å². The van der Waals surface area contributed by atoms with Crippen molar-refractivity contribution in [1.29, 1.82) is 5.26 Å². The predicted octanol–water partition coefficient (Wildman–Crippen LogP) is 2.47. The van der Waals surface area contributed by atoms with Gasteiger partial charge in [-0.1, -0.05) is 12.8 Å². The Labute approximate surface area is 143 Å². The van der Waals surface area contributed by atoms with Crippen LogP contribution in [0.1, 0.15) is 38.1 Å². The largest absolute Gasteiger partial charge is 0.506 e. The normalized spacial score (nSPS) is 16.3. The minimum Gasteiger partial charge on any atom is -0.506 e. The molecule has 1 saturated carbocycles. The van der Waals surface area contributed by atoms with Crippen molar-refractivity contribution < 1.29 is 5.11 Å². The van der Waals surface area contributed by atoms with Crippen molar-refractivity contribution in [3.63, 3.8) is 0 Å². The molecule has 0 bridgehead atoms. The third-order valence-electron chi connectivity index (χ3n) is 5.01. The number of aromatic amines is 2. The maximum Gasteiger partial charge on any atom is 0.347 e. The van der Waals surface area contributed by atoms with Gasteiger partial charge in [0.25, 0.3) is 0 Å². The molecule has 1 atom stereocenters. The van der Waals surface area contributed by atoms with Gasteiger partial charge in [-0.2, -0.15) is 15.3 Å². The predicted molar refractivity (Wildman–Crippen MR) is 90.8 cm³/mol. The Morgan fingerprint density at radius 3 is 3.00 bits per heavy atom. The van der Waals surface area contributed by atoms with Crippen molar-refractivity contribution in [2.45, 2.75) is 38.1 Å². The molecule has 0 radical (unpaired) electrons. The third kappa shape index (κ3) is 2.67. The molecule has 0 unspecified atom stereocenters. The molecular formula is C17H18N6O2. The molecule has 3 aromatic rings. The van der Waals surface area contributed by atoms with E-state index in [1.807, 2.05) is 10.9 Å². The van der Waals surface area contributed by atoms with Gasteiger partial charge in [-0.05, 0) is 18.8 Å². The minimum atomic E-state index is -0.499. The Hall–Kier alpha value is -3.08. The number of fused-ring (bicyclic) bond motifs is 1. The Morgan fingerprint density at radius 1 is 1.44 bits per heavy atom. The number of aromatic nitrogens is 5. The summed E-state index contributed by atoms with van der Waals surface area (Å²) in [6.07, 6.45) is 9.88. The van der Waals surface area contributed by atoms with Crippen LogP contribution >= 0.6 is 0 Å². The van der Waals surface area contributed by atoms with Gasteiger partial charge in [0.05, 0.1) is 35.8 Å². The zero-order valence-corrected chi connectivity index (χ0v) is 13.6. The van der Waals surface area contributed by atoms with Crippen molar-refractivity contribution in [1.82, 2.24) is 24.7 Å². The Morgan fingerprint density at radius 2 is 2.24 bits per heavy atom. The van der Waals surface area contributed by atoms with E-state index in [1.165, 1.54) is 19.0 Å². The molecule has 1 fully saturated rings. The van der Waals surface area contributed by atoms with Crippen LogP contribution in [0.2, 0.25) is 0 Å². The van der Waals surface area contributed by atoms with Crippen molar-refractivity contribution in [3.8, 4) is 23.1 Å². The van der Waals surface area contributed by atoms with Gasteiger partial charge >= 0.3 is 5.69 Å². The second kappa shape index (κ2) is 6.09. The van der Waals surface area contributed by atoms with Crippen molar-refractivity contribution in [3.05, 3.63) is 29.1 Å². The number of rotatable bonds is 4. The van der Waals surface area contributed by atoms with Crippen LogP contribution in [0.15, 0.2) is 23.4 Å². The highest BCUT2D eigenvalue weighted by Crippen LogP contribution is 2.37. The highest BCUT2D eigenvalue weighted by Gasteiger charge is 2.27. The van der Waals surface area contributed by atoms with Crippen LogP contribution < -0.4 is 5.69 Å². The fourth-order valence-corrected chi connectivity index (χ4v) is 3.81. The number of nitrogens with one attached hydrogen (secondary N) is 2. The number of hydrogen-bond donors (Lipinski definition) is 3. The van der Waals surface area contributed by atoms with E-state index in [9.17, 15) is 15.2 Å². The lowest BCUT2D eigenvalue weighted by Crippen LogP contribution is -2.17. The number of hydrogen-bond acceptors (Lipinski definition) is 5. The molecule has 8 nitrogen and oxygen atoms in total. The van der Waals surface area contributed by atoms with E-state index in [0.29, 0.717) is 34.6 Å². The number of aromatic hydroxyl groups is 1. The van der Waals surface area contributed by atoms with Crippen LogP contribution in [0.4, 0.5) is 0 Å². The second-order valence-electron chi connectivity index (χ2n) is 6.50. The molecule has 0 aliphatic heterocycles. The number of nitriles is 1. The van der Waals surface area contributed by atoms with E-state index >= 15 is 0 Å². The van der Waals surface area contributed by atoms with Gasteiger partial charge in [-0.25, -0.2) is 4.79 Å². The van der Waals surface area contributed by atoms with Crippen LogP contribution in [0.5, 0.6) is 5.75 Å². The third-order valence-corrected chi connectivity index (χ3v) is 5.01. The molecule has 4 rings (SSSR count). The molecule has 25 heavy (non-hydrogen) atoms. The molecule has 0 spiro atoms. The van der Waals surface area contributed by atoms with Gasteiger partial charge in [0, 0.05) is 18.0 Å². The first-order chi connectivity index (χ1) is 12.2. The lowest BCUT2D eigenvalue weighted by molar-refractivity contribution is 0.315.